The Hall–Kier alpha value is -3.16. The summed E-state index contributed by atoms with van der Waals surface area (Å²) in [4.78, 5) is 29.1. The van der Waals surface area contributed by atoms with Gasteiger partial charge in [-0.3, -0.25) is 4.79 Å². The molecule has 28 heavy (non-hydrogen) atoms. The molecule has 0 aromatic carbocycles. The van der Waals surface area contributed by atoms with Crippen molar-refractivity contribution >= 4 is 22.9 Å². The maximum absolute atomic E-state index is 13.0. The molecular weight excluding hydrogens is 360 g/mol. The van der Waals surface area contributed by atoms with Gasteiger partial charge < -0.3 is 14.8 Å². The number of hydrogen-bond donors (Lipinski definition) is 2. The van der Waals surface area contributed by atoms with Crippen LogP contribution in [0.1, 0.15) is 56.4 Å². The molecule has 1 atom stereocenters. The molecule has 0 unspecified atom stereocenters. The Labute approximate surface area is 162 Å². The first-order valence-corrected chi connectivity index (χ1v) is 9.38. The third kappa shape index (κ3) is 3.90. The first kappa shape index (κ1) is 19.6. The van der Waals surface area contributed by atoms with E-state index in [1.54, 1.807) is 29.1 Å². The average Bonchev–Trinajstić information content (AvgIpc) is 3.33. The van der Waals surface area contributed by atoms with Gasteiger partial charge in [-0.2, -0.15) is 5.10 Å². The molecule has 0 saturated heterocycles. The second-order valence-corrected chi connectivity index (χ2v) is 6.96. The molecule has 2 N–H and O–H groups in total. The molecule has 0 aliphatic heterocycles. The molecule has 3 aromatic heterocycles. The molecule has 8 heteroatoms. The van der Waals surface area contributed by atoms with E-state index in [4.69, 9.17) is 4.42 Å². The monoisotopic (exact) mass is 384 g/mol. The molecule has 3 rings (SSSR count). The van der Waals surface area contributed by atoms with Crippen molar-refractivity contribution in [2.75, 3.05) is 0 Å². The number of hydrogen-bond acceptors (Lipinski definition) is 5. The van der Waals surface area contributed by atoms with Crippen molar-refractivity contribution in [3.05, 3.63) is 36.2 Å². The minimum absolute atomic E-state index is 0.0454. The number of unbranched alkanes of at least 4 members (excludes halogenated alkanes) is 1. The second kappa shape index (κ2) is 8.24. The number of carboxylic acid groups (broad SMARTS) is 1. The molecule has 0 aliphatic rings. The lowest BCUT2D eigenvalue weighted by atomic mass is 10.1. The standard InChI is InChI=1S/C20H24N4O4/c1-4-5-7-15(20(26)27)23-19(25)13-10-16(17-8-6-9-28-17)22-18-14(13)11-21-24(18)12(2)3/h6,8-12,15H,4-5,7H2,1-3H3,(H,23,25)(H,26,27)/t15-/m0/s1. The number of nitrogens with zero attached hydrogens (tertiary/aromatic N) is 3. The lowest BCUT2D eigenvalue weighted by molar-refractivity contribution is -0.139. The maximum Gasteiger partial charge on any atom is 0.326 e. The molecule has 8 nitrogen and oxygen atoms in total. The minimum atomic E-state index is -1.05. The number of aromatic nitrogens is 3. The van der Waals surface area contributed by atoms with Crippen LogP contribution in [-0.2, 0) is 4.79 Å². The maximum atomic E-state index is 13.0. The van der Waals surface area contributed by atoms with E-state index in [2.05, 4.69) is 15.4 Å². The van der Waals surface area contributed by atoms with E-state index in [9.17, 15) is 14.7 Å². The van der Waals surface area contributed by atoms with Gasteiger partial charge in [-0.15, -0.1) is 0 Å². The lowest BCUT2D eigenvalue weighted by Crippen LogP contribution is -2.40. The van der Waals surface area contributed by atoms with Gasteiger partial charge in [0.05, 0.1) is 23.4 Å². The van der Waals surface area contributed by atoms with E-state index < -0.39 is 17.9 Å². The number of fused-ring (bicyclic) bond motifs is 1. The van der Waals surface area contributed by atoms with Crippen molar-refractivity contribution in [2.24, 2.45) is 0 Å². The van der Waals surface area contributed by atoms with Crippen molar-refractivity contribution in [3.63, 3.8) is 0 Å². The van der Waals surface area contributed by atoms with E-state index in [0.29, 0.717) is 40.9 Å². The summed E-state index contributed by atoms with van der Waals surface area (Å²) in [7, 11) is 0. The molecule has 0 fully saturated rings. The summed E-state index contributed by atoms with van der Waals surface area (Å²) >= 11 is 0. The van der Waals surface area contributed by atoms with Gasteiger partial charge in [-0.05, 0) is 38.5 Å². The van der Waals surface area contributed by atoms with Gasteiger partial charge in [-0.25, -0.2) is 14.5 Å². The van der Waals surface area contributed by atoms with Crippen LogP contribution < -0.4 is 5.32 Å². The predicted octanol–water partition coefficient (Wildman–Crippen LogP) is 3.65. The molecule has 0 saturated carbocycles. The number of pyridine rings is 1. The quantitative estimate of drug-likeness (QED) is 0.613. The molecular formula is C20H24N4O4. The zero-order chi connectivity index (χ0) is 20.3. The summed E-state index contributed by atoms with van der Waals surface area (Å²) in [6, 6.07) is 4.22. The first-order valence-electron chi connectivity index (χ1n) is 9.38. The van der Waals surface area contributed by atoms with Crippen molar-refractivity contribution in [1.29, 1.82) is 0 Å². The largest absolute Gasteiger partial charge is 0.480 e. The number of carboxylic acids is 1. The Kier molecular flexibility index (Phi) is 5.77. The molecule has 3 aromatic rings. The highest BCUT2D eigenvalue weighted by Gasteiger charge is 2.24. The van der Waals surface area contributed by atoms with E-state index in [1.807, 2.05) is 20.8 Å². The normalized spacial score (nSPS) is 12.4. The fourth-order valence-electron chi connectivity index (χ4n) is 3.04. The minimum Gasteiger partial charge on any atom is -0.480 e. The summed E-state index contributed by atoms with van der Waals surface area (Å²) in [5.41, 5.74) is 1.37. The van der Waals surface area contributed by atoms with Crippen molar-refractivity contribution < 1.29 is 19.1 Å². The fourth-order valence-corrected chi connectivity index (χ4v) is 3.04. The van der Waals surface area contributed by atoms with Crippen LogP contribution in [0.5, 0.6) is 0 Å². The predicted molar refractivity (Wildman–Crippen MR) is 104 cm³/mol. The van der Waals surface area contributed by atoms with Gasteiger partial charge in [-0.1, -0.05) is 19.8 Å². The van der Waals surface area contributed by atoms with Crippen LogP contribution >= 0.6 is 0 Å². The van der Waals surface area contributed by atoms with Gasteiger partial charge in [0, 0.05) is 6.04 Å². The number of rotatable bonds is 8. The highest BCUT2D eigenvalue weighted by Crippen LogP contribution is 2.26. The fraction of sp³-hybridized carbons (Fsp3) is 0.400. The van der Waals surface area contributed by atoms with Gasteiger partial charge in [0.25, 0.3) is 5.91 Å². The van der Waals surface area contributed by atoms with Gasteiger partial charge in [0.15, 0.2) is 11.4 Å². The molecule has 0 radical (unpaired) electrons. The first-order chi connectivity index (χ1) is 13.4. The van der Waals surface area contributed by atoms with E-state index in [1.165, 1.54) is 6.26 Å². The Morgan fingerprint density at radius 2 is 2.14 bits per heavy atom. The summed E-state index contributed by atoms with van der Waals surface area (Å²) in [6.45, 7) is 5.92. The number of nitrogens with one attached hydrogen (secondary N) is 1. The lowest BCUT2D eigenvalue weighted by Gasteiger charge is -2.15. The van der Waals surface area contributed by atoms with Crippen LogP contribution in [0.25, 0.3) is 22.5 Å². The zero-order valence-electron chi connectivity index (χ0n) is 16.2. The molecule has 1 amide bonds. The third-order valence-corrected chi connectivity index (χ3v) is 4.52. The van der Waals surface area contributed by atoms with Crippen LogP contribution in [0.2, 0.25) is 0 Å². The van der Waals surface area contributed by atoms with E-state index in [-0.39, 0.29) is 6.04 Å². The molecule has 0 spiro atoms. The second-order valence-electron chi connectivity index (χ2n) is 6.96. The van der Waals surface area contributed by atoms with Crippen LogP contribution in [0.15, 0.2) is 35.1 Å². The van der Waals surface area contributed by atoms with E-state index >= 15 is 0 Å². The third-order valence-electron chi connectivity index (χ3n) is 4.52. The van der Waals surface area contributed by atoms with Crippen molar-refractivity contribution in [1.82, 2.24) is 20.1 Å². The van der Waals surface area contributed by atoms with Gasteiger partial charge >= 0.3 is 5.97 Å². The Morgan fingerprint density at radius 1 is 1.36 bits per heavy atom. The van der Waals surface area contributed by atoms with Crippen LogP contribution in [0.4, 0.5) is 0 Å². The average molecular weight is 384 g/mol. The molecule has 3 heterocycles. The number of aliphatic carboxylic acids is 1. The molecule has 148 valence electrons. The highest BCUT2D eigenvalue weighted by molar-refractivity contribution is 6.07. The summed E-state index contributed by atoms with van der Waals surface area (Å²) < 4.78 is 7.16. The number of carbonyl (C=O) groups excluding carboxylic acids is 1. The summed E-state index contributed by atoms with van der Waals surface area (Å²) in [5, 5.41) is 17.0. The Balaban J connectivity index is 2.05. The Bertz CT molecular complexity index is 976. The van der Waals surface area contributed by atoms with Crippen LogP contribution in [0.3, 0.4) is 0 Å². The Morgan fingerprint density at radius 3 is 2.75 bits per heavy atom. The zero-order valence-corrected chi connectivity index (χ0v) is 16.2. The smallest absolute Gasteiger partial charge is 0.326 e. The van der Waals surface area contributed by atoms with Crippen molar-refractivity contribution in [2.45, 2.75) is 52.1 Å². The highest BCUT2D eigenvalue weighted by atomic mass is 16.4. The van der Waals surface area contributed by atoms with Crippen LogP contribution in [0, 0.1) is 0 Å². The number of carbonyl (C=O) groups is 2. The van der Waals surface area contributed by atoms with Gasteiger partial charge in [0.1, 0.15) is 11.7 Å². The van der Waals surface area contributed by atoms with Crippen molar-refractivity contribution in [3.8, 4) is 11.5 Å². The molecule has 0 aliphatic carbocycles. The summed E-state index contributed by atoms with van der Waals surface area (Å²) in [5.74, 6) is -0.989. The number of amides is 1. The van der Waals surface area contributed by atoms with E-state index in [0.717, 1.165) is 6.42 Å². The SMILES string of the molecule is CCCC[C@H](NC(=O)c1cc(-c2ccco2)nc2c1cnn2C(C)C)C(=O)O. The topological polar surface area (TPSA) is 110 Å². The molecule has 0 bridgehead atoms. The number of furan rings is 1. The summed E-state index contributed by atoms with van der Waals surface area (Å²) in [6.07, 6.45) is 5.06. The van der Waals surface area contributed by atoms with Crippen LogP contribution in [-0.4, -0.2) is 37.8 Å². The van der Waals surface area contributed by atoms with Gasteiger partial charge in [0.2, 0.25) is 0 Å².